The zero-order valence-electron chi connectivity index (χ0n) is 14.7. The zero-order valence-corrected chi connectivity index (χ0v) is 14.7. The molecule has 2 aliphatic rings. The average molecular weight is 347 g/mol. The van der Waals surface area contributed by atoms with Gasteiger partial charge in [0.05, 0.1) is 12.6 Å². The van der Waals surface area contributed by atoms with Crippen molar-refractivity contribution in [1.82, 2.24) is 9.80 Å². The van der Waals surface area contributed by atoms with Gasteiger partial charge < -0.3 is 10.6 Å². The predicted octanol–water partition coefficient (Wildman–Crippen LogP) is 1.90. The maximum Gasteiger partial charge on any atom is 0.236 e. The molecule has 6 heteroatoms. The lowest BCUT2D eigenvalue weighted by molar-refractivity contribution is -0.133. The van der Waals surface area contributed by atoms with Crippen molar-refractivity contribution in [1.29, 1.82) is 0 Å². The Kier molecular flexibility index (Phi) is 5.37. The molecule has 3 atom stereocenters. The molecule has 2 fully saturated rings. The first-order chi connectivity index (χ1) is 12.0. The number of halogens is 1. The first kappa shape index (κ1) is 17.9. The minimum Gasteiger partial charge on any atom is -0.368 e. The van der Waals surface area contributed by atoms with Crippen molar-refractivity contribution in [2.75, 3.05) is 13.6 Å². The van der Waals surface area contributed by atoms with Crippen molar-refractivity contribution in [2.24, 2.45) is 11.7 Å². The first-order valence-corrected chi connectivity index (χ1v) is 9.00. The second kappa shape index (κ2) is 7.52. The van der Waals surface area contributed by atoms with E-state index in [1.165, 1.54) is 17.4 Å². The summed E-state index contributed by atoms with van der Waals surface area (Å²) in [5.74, 6) is -0.318. The highest BCUT2D eigenvalue weighted by Gasteiger charge is 2.45. The Morgan fingerprint density at radius 1 is 1.28 bits per heavy atom. The summed E-state index contributed by atoms with van der Waals surface area (Å²) in [7, 11) is 1.67. The van der Waals surface area contributed by atoms with Crippen LogP contribution >= 0.6 is 0 Å². The van der Waals surface area contributed by atoms with E-state index in [0.717, 1.165) is 25.7 Å². The Labute approximate surface area is 148 Å². The second-order valence-electron chi connectivity index (χ2n) is 7.28. The largest absolute Gasteiger partial charge is 0.368 e. The van der Waals surface area contributed by atoms with E-state index in [1.54, 1.807) is 25.2 Å². The molecule has 1 saturated carbocycles. The number of rotatable bonds is 5. The van der Waals surface area contributed by atoms with Gasteiger partial charge in [0.1, 0.15) is 5.82 Å². The van der Waals surface area contributed by atoms with Gasteiger partial charge >= 0.3 is 0 Å². The van der Waals surface area contributed by atoms with Crippen LogP contribution in [-0.2, 0) is 16.1 Å². The van der Waals surface area contributed by atoms with Gasteiger partial charge in [-0.15, -0.1) is 0 Å². The Hall–Kier alpha value is -1.95. The van der Waals surface area contributed by atoms with Gasteiger partial charge in [0, 0.05) is 25.2 Å². The van der Waals surface area contributed by atoms with Gasteiger partial charge in [-0.05, 0) is 31.2 Å². The number of hydrogen-bond acceptors (Lipinski definition) is 3. The molecule has 0 aromatic heterocycles. The molecule has 2 amide bonds. The minimum atomic E-state index is -0.362. The van der Waals surface area contributed by atoms with Crippen LogP contribution in [0.2, 0.25) is 0 Å². The molecule has 1 aromatic rings. The number of hydrogen-bond donors (Lipinski definition) is 1. The quantitative estimate of drug-likeness (QED) is 0.885. The van der Waals surface area contributed by atoms with E-state index in [1.807, 2.05) is 4.90 Å². The predicted molar refractivity (Wildman–Crippen MR) is 92.9 cm³/mol. The van der Waals surface area contributed by atoms with Gasteiger partial charge in [0.25, 0.3) is 0 Å². The van der Waals surface area contributed by atoms with E-state index in [0.29, 0.717) is 11.5 Å². The average Bonchev–Trinajstić information content (AvgIpc) is 2.96. The maximum atomic E-state index is 13.8. The van der Waals surface area contributed by atoms with Gasteiger partial charge in [-0.3, -0.25) is 14.5 Å². The number of nitrogens with zero attached hydrogens (tertiary/aromatic N) is 2. The van der Waals surface area contributed by atoms with E-state index >= 15 is 0 Å². The summed E-state index contributed by atoms with van der Waals surface area (Å²) in [6.45, 7) is 0.383. The van der Waals surface area contributed by atoms with E-state index in [-0.39, 0.29) is 42.8 Å². The smallest absolute Gasteiger partial charge is 0.236 e. The molecule has 3 unspecified atom stereocenters. The molecule has 1 saturated heterocycles. The maximum absolute atomic E-state index is 13.8. The van der Waals surface area contributed by atoms with Crippen LogP contribution in [0.1, 0.15) is 37.7 Å². The summed E-state index contributed by atoms with van der Waals surface area (Å²) in [4.78, 5) is 28.0. The number of carbonyl (C=O) groups excluding carboxylic acids is 2. The molecule has 0 radical (unpaired) electrons. The third-order valence-corrected chi connectivity index (χ3v) is 5.66. The SMILES string of the molecule is CN(Cc1ccccc1F)C(=O)CN1C(C(N)=O)CC2CCCCC21. The van der Waals surface area contributed by atoms with Crippen LogP contribution in [-0.4, -0.2) is 47.3 Å². The standard InChI is InChI=1S/C19H26FN3O2/c1-22(11-14-7-2-4-8-15(14)20)18(24)12-23-16-9-5-3-6-13(16)10-17(23)19(21)25/h2,4,7-8,13,16-17H,3,5-6,9-12H2,1H3,(H2,21,25). The van der Waals surface area contributed by atoms with E-state index < -0.39 is 0 Å². The van der Waals surface area contributed by atoms with Crippen LogP contribution < -0.4 is 5.73 Å². The molecule has 1 aromatic carbocycles. The molecule has 1 heterocycles. The molecule has 1 aliphatic carbocycles. The van der Waals surface area contributed by atoms with E-state index in [4.69, 9.17) is 5.73 Å². The molecule has 0 spiro atoms. The highest BCUT2D eigenvalue weighted by molar-refractivity contribution is 5.83. The normalized spacial score (nSPS) is 26.2. The van der Waals surface area contributed by atoms with Gasteiger partial charge in [0.15, 0.2) is 0 Å². The Morgan fingerprint density at radius 3 is 2.72 bits per heavy atom. The van der Waals surface area contributed by atoms with Crippen molar-refractivity contribution in [3.8, 4) is 0 Å². The fraction of sp³-hybridized carbons (Fsp3) is 0.579. The Bertz CT molecular complexity index is 651. The summed E-state index contributed by atoms with van der Waals surface area (Å²) in [6.07, 6.45) is 5.18. The number of likely N-dealkylation sites (tertiary alicyclic amines) is 1. The lowest BCUT2D eigenvalue weighted by Gasteiger charge is -2.33. The van der Waals surface area contributed by atoms with Crippen LogP contribution in [0.15, 0.2) is 24.3 Å². The number of benzene rings is 1. The number of primary amides is 1. The molecule has 0 bridgehead atoms. The van der Waals surface area contributed by atoms with Crippen molar-refractivity contribution < 1.29 is 14.0 Å². The molecule has 25 heavy (non-hydrogen) atoms. The van der Waals surface area contributed by atoms with Gasteiger partial charge in [-0.2, -0.15) is 0 Å². The summed E-state index contributed by atoms with van der Waals surface area (Å²) in [6, 6.07) is 6.36. The lowest BCUT2D eigenvalue weighted by atomic mass is 9.84. The minimum absolute atomic E-state index is 0.110. The molecular formula is C19H26FN3O2. The second-order valence-corrected chi connectivity index (χ2v) is 7.28. The van der Waals surface area contributed by atoms with Crippen LogP contribution in [0.4, 0.5) is 4.39 Å². The van der Waals surface area contributed by atoms with Crippen LogP contribution in [0.5, 0.6) is 0 Å². The highest BCUT2D eigenvalue weighted by Crippen LogP contribution is 2.39. The van der Waals surface area contributed by atoms with Crippen LogP contribution in [0.25, 0.3) is 0 Å². The van der Waals surface area contributed by atoms with Gasteiger partial charge in [0.2, 0.25) is 11.8 Å². The monoisotopic (exact) mass is 347 g/mol. The Balaban J connectivity index is 1.67. The highest BCUT2D eigenvalue weighted by atomic mass is 19.1. The van der Waals surface area contributed by atoms with Gasteiger partial charge in [-0.1, -0.05) is 31.0 Å². The van der Waals surface area contributed by atoms with Crippen molar-refractivity contribution >= 4 is 11.8 Å². The molecule has 3 rings (SSSR count). The number of carbonyl (C=O) groups is 2. The third kappa shape index (κ3) is 3.84. The van der Waals surface area contributed by atoms with Crippen LogP contribution in [0.3, 0.4) is 0 Å². The Morgan fingerprint density at radius 2 is 2.00 bits per heavy atom. The number of amides is 2. The molecule has 136 valence electrons. The van der Waals surface area contributed by atoms with Crippen LogP contribution in [0, 0.1) is 11.7 Å². The fourth-order valence-corrected chi connectivity index (χ4v) is 4.31. The first-order valence-electron chi connectivity index (χ1n) is 9.00. The molecule has 1 aliphatic heterocycles. The van der Waals surface area contributed by atoms with Gasteiger partial charge in [-0.25, -0.2) is 4.39 Å². The lowest BCUT2D eigenvalue weighted by Crippen LogP contribution is -2.49. The number of fused-ring (bicyclic) bond motifs is 1. The zero-order chi connectivity index (χ0) is 18.0. The summed E-state index contributed by atoms with van der Waals surface area (Å²) < 4.78 is 13.8. The van der Waals surface area contributed by atoms with Crippen molar-refractivity contribution in [3.63, 3.8) is 0 Å². The molecular weight excluding hydrogens is 321 g/mol. The topological polar surface area (TPSA) is 66.6 Å². The summed E-state index contributed by atoms with van der Waals surface area (Å²) in [5.41, 5.74) is 6.07. The molecule has 5 nitrogen and oxygen atoms in total. The summed E-state index contributed by atoms with van der Waals surface area (Å²) >= 11 is 0. The summed E-state index contributed by atoms with van der Waals surface area (Å²) in [5, 5.41) is 0. The van der Waals surface area contributed by atoms with E-state index in [9.17, 15) is 14.0 Å². The third-order valence-electron chi connectivity index (χ3n) is 5.66. The van der Waals surface area contributed by atoms with Crippen molar-refractivity contribution in [2.45, 2.75) is 50.7 Å². The molecule has 2 N–H and O–H groups in total. The van der Waals surface area contributed by atoms with E-state index in [2.05, 4.69) is 0 Å². The fourth-order valence-electron chi connectivity index (χ4n) is 4.31. The number of likely N-dealkylation sites (N-methyl/N-ethyl adjacent to an activating group) is 1. The number of nitrogens with two attached hydrogens (primary N) is 1. The van der Waals surface area contributed by atoms with Crippen molar-refractivity contribution in [3.05, 3.63) is 35.6 Å².